The molecular weight excluding hydrogens is 551 g/mol. The van der Waals surface area contributed by atoms with Gasteiger partial charge in [0.25, 0.3) is 5.91 Å². The van der Waals surface area contributed by atoms with Crippen LogP contribution in [0.5, 0.6) is 0 Å². The minimum Gasteiger partial charge on any atom is -0.363 e. The van der Waals surface area contributed by atoms with E-state index in [-0.39, 0.29) is 17.9 Å². The number of amides is 2. The van der Waals surface area contributed by atoms with Gasteiger partial charge < -0.3 is 14.4 Å². The molecule has 6 rings (SSSR count). The third-order valence-electron chi connectivity index (χ3n) is 8.39. The van der Waals surface area contributed by atoms with E-state index >= 15 is 0 Å². The van der Waals surface area contributed by atoms with Gasteiger partial charge in [-0.25, -0.2) is 9.97 Å². The van der Waals surface area contributed by atoms with E-state index in [2.05, 4.69) is 39.5 Å². The van der Waals surface area contributed by atoms with Crippen molar-refractivity contribution in [1.82, 2.24) is 19.4 Å². The highest BCUT2D eigenvalue weighted by Crippen LogP contribution is 2.37. The predicted molar refractivity (Wildman–Crippen MR) is 162 cm³/mol. The molecule has 2 aliphatic rings. The molecule has 2 saturated heterocycles. The van der Waals surface area contributed by atoms with Gasteiger partial charge in [0, 0.05) is 56.6 Å². The maximum Gasteiger partial charge on any atom is 0.274 e. The van der Waals surface area contributed by atoms with Crippen molar-refractivity contribution in [3.8, 4) is 0 Å². The standard InChI is InChI=1S/C32H35FN6O2S/c1-22(40)37-16-11-24(12-17-37)18-23-6-8-26(9-7-23)39-15-3-4-28(39)27-21-42-32(35-27)36-31(41)29-5-2-14-38(29)20-25-10-13-34-30(33)19-25/h2,5-10,13-14,19,21,24,28H,3-4,11-12,15-18,20H2,1H3,(H,35,36,41). The number of nitrogens with one attached hydrogen (secondary N) is 1. The topological polar surface area (TPSA) is 83.4 Å². The van der Waals surface area contributed by atoms with E-state index in [4.69, 9.17) is 4.98 Å². The zero-order valence-corrected chi connectivity index (χ0v) is 24.5. The fourth-order valence-electron chi connectivity index (χ4n) is 6.15. The first kappa shape index (κ1) is 28.1. The Kier molecular flexibility index (Phi) is 8.32. The van der Waals surface area contributed by atoms with E-state index in [0.29, 0.717) is 23.3 Å². The summed E-state index contributed by atoms with van der Waals surface area (Å²) in [5.41, 5.74) is 4.71. The Hall–Kier alpha value is -4.05. The summed E-state index contributed by atoms with van der Waals surface area (Å²) >= 11 is 1.43. The summed E-state index contributed by atoms with van der Waals surface area (Å²) in [6.07, 6.45) is 8.51. The Morgan fingerprint density at radius 2 is 1.86 bits per heavy atom. The van der Waals surface area contributed by atoms with E-state index < -0.39 is 5.95 Å². The summed E-state index contributed by atoms with van der Waals surface area (Å²) in [5.74, 6) is 0.0106. The highest BCUT2D eigenvalue weighted by atomic mass is 32.1. The largest absolute Gasteiger partial charge is 0.363 e. The molecule has 0 bridgehead atoms. The second-order valence-electron chi connectivity index (χ2n) is 11.2. The molecule has 8 nitrogen and oxygen atoms in total. The number of hydrogen-bond donors (Lipinski definition) is 1. The molecular formula is C32H35FN6O2S. The molecule has 10 heteroatoms. The number of nitrogens with zero attached hydrogens (tertiary/aromatic N) is 5. The maximum absolute atomic E-state index is 13.5. The number of carbonyl (C=O) groups is 2. The minimum absolute atomic E-state index is 0.166. The molecule has 42 heavy (non-hydrogen) atoms. The fourth-order valence-corrected chi connectivity index (χ4v) is 6.90. The SMILES string of the molecule is CC(=O)N1CCC(Cc2ccc(N3CCCC3c3csc(NC(=O)c4cccn4Cc4ccnc(F)c4)n3)cc2)CC1. The van der Waals surface area contributed by atoms with Crippen LogP contribution in [0.3, 0.4) is 0 Å². The summed E-state index contributed by atoms with van der Waals surface area (Å²) in [6.45, 7) is 4.72. The molecule has 1 atom stereocenters. The number of rotatable bonds is 8. The van der Waals surface area contributed by atoms with Crippen molar-refractivity contribution in [3.05, 3.63) is 94.8 Å². The van der Waals surface area contributed by atoms with Gasteiger partial charge in [-0.05, 0) is 85.5 Å². The molecule has 0 spiro atoms. The zero-order chi connectivity index (χ0) is 29.1. The van der Waals surface area contributed by atoms with Crippen LogP contribution in [0.2, 0.25) is 0 Å². The van der Waals surface area contributed by atoms with Crippen LogP contribution in [0.25, 0.3) is 0 Å². The molecule has 5 heterocycles. The summed E-state index contributed by atoms with van der Waals surface area (Å²) in [6, 6.07) is 15.7. The molecule has 2 amide bonds. The summed E-state index contributed by atoms with van der Waals surface area (Å²) in [5, 5.41) is 5.56. The normalized spacial score (nSPS) is 17.5. The summed E-state index contributed by atoms with van der Waals surface area (Å²) in [7, 11) is 0. The third-order valence-corrected chi connectivity index (χ3v) is 9.17. The second-order valence-corrected chi connectivity index (χ2v) is 12.1. The van der Waals surface area contributed by atoms with E-state index in [1.165, 1.54) is 34.9 Å². The molecule has 1 unspecified atom stereocenters. The molecule has 0 radical (unpaired) electrons. The van der Waals surface area contributed by atoms with E-state index in [1.807, 2.05) is 10.3 Å². The van der Waals surface area contributed by atoms with Crippen molar-refractivity contribution < 1.29 is 14.0 Å². The van der Waals surface area contributed by atoms with Gasteiger partial charge >= 0.3 is 0 Å². The van der Waals surface area contributed by atoms with Crippen molar-refractivity contribution in [2.45, 2.75) is 51.6 Å². The number of hydrogen-bond acceptors (Lipinski definition) is 6. The third kappa shape index (κ3) is 6.38. The average molecular weight is 587 g/mol. The number of carbonyl (C=O) groups excluding carboxylic acids is 2. The molecule has 3 aromatic heterocycles. The number of halogens is 1. The van der Waals surface area contributed by atoms with Crippen LogP contribution in [0.15, 0.2) is 66.3 Å². The van der Waals surface area contributed by atoms with E-state index in [0.717, 1.165) is 63.0 Å². The molecule has 1 aromatic carbocycles. The van der Waals surface area contributed by atoms with Crippen molar-refractivity contribution in [2.75, 3.05) is 29.9 Å². The lowest BCUT2D eigenvalue weighted by Gasteiger charge is -2.31. The number of aromatic nitrogens is 3. The molecule has 2 aliphatic heterocycles. The zero-order valence-electron chi connectivity index (χ0n) is 23.7. The Balaban J connectivity index is 1.07. The number of thiazole rings is 1. The molecule has 1 N–H and O–H groups in total. The van der Waals surface area contributed by atoms with Crippen molar-refractivity contribution in [2.24, 2.45) is 5.92 Å². The lowest BCUT2D eigenvalue weighted by molar-refractivity contribution is -0.130. The smallest absolute Gasteiger partial charge is 0.274 e. The first-order valence-electron chi connectivity index (χ1n) is 14.6. The lowest BCUT2D eigenvalue weighted by atomic mass is 9.90. The fraction of sp³-hybridized carbons (Fsp3) is 0.375. The Labute approximate surface area is 249 Å². The monoisotopic (exact) mass is 586 g/mol. The second kappa shape index (κ2) is 12.4. The van der Waals surface area contributed by atoms with Crippen LogP contribution in [0, 0.1) is 11.9 Å². The first-order valence-corrected chi connectivity index (χ1v) is 15.4. The van der Waals surface area contributed by atoms with Crippen molar-refractivity contribution >= 4 is 34.0 Å². The van der Waals surface area contributed by atoms with E-state index in [9.17, 15) is 14.0 Å². The first-order chi connectivity index (χ1) is 20.4. The van der Waals surface area contributed by atoms with Gasteiger partial charge in [0.1, 0.15) is 5.69 Å². The van der Waals surface area contributed by atoms with Crippen LogP contribution >= 0.6 is 11.3 Å². The van der Waals surface area contributed by atoms with Gasteiger partial charge in [-0.1, -0.05) is 12.1 Å². The van der Waals surface area contributed by atoms with Crippen molar-refractivity contribution in [1.29, 1.82) is 0 Å². The molecule has 218 valence electrons. The van der Waals surface area contributed by atoms with Gasteiger partial charge in [0.2, 0.25) is 11.9 Å². The van der Waals surface area contributed by atoms with Crippen LogP contribution in [0.1, 0.15) is 66.0 Å². The van der Waals surface area contributed by atoms with Crippen LogP contribution in [-0.2, 0) is 17.8 Å². The summed E-state index contributed by atoms with van der Waals surface area (Å²) in [4.78, 5) is 37.5. The predicted octanol–water partition coefficient (Wildman–Crippen LogP) is 5.92. The van der Waals surface area contributed by atoms with Gasteiger partial charge in [-0.3, -0.25) is 14.9 Å². The van der Waals surface area contributed by atoms with Gasteiger partial charge in [0.05, 0.1) is 11.7 Å². The van der Waals surface area contributed by atoms with E-state index in [1.54, 1.807) is 35.9 Å². The summed E-state index contributed by atoms with van der Waals surface area (Å²) < 4.78 is 15.3. The Morgan fingerprint density at radius 1 is 1.05 bits per heavy atom. The van der Waals surface area contributed by atoms with Crippen LogP contribution in [-0.4, -0.2) is 50.9 Å². The van der Waals surface area contributed by atoms with Crippen molar-refractivity contribution in [3.63, 3.8) is 0 Å². The molecule has 0 saturated carbocycles. The number of anilines is 2. The molecule has 4 aromatic rings. The minimum atomic E-state index is -0.541. The lowest BCUT2D eigenvalue weighted by Crippen LogP contribution is -2.37. The number of benzene rings is 1. The number of likely N-dealkylation sites (tertiary alicyclic amines) is 1. The highest BCUT2D eigenvalue weighted by molar-refractivity contribution is 7.14. The molecule has 2 fully saturated rings. The van der Waals surface area contributed by atoms with Crippen LogP contribution < -0.4 is 10.2 Å². The van der Waals surface area contributed by atoms with Gasteiger partial charge in [0.15, 0.2) is 5.13 Å². The van der Waals surface area contributed by atoms with Gasteiger partial charge in [-0.15, -0.1) is 11.3 Å². The molecule has 0 aliphatic carbocycles. The maximum atomic E-state index is 13.5. The number of piperidine rings is 1. The van der Waals surface area contributed by atoms with Crippen LogP contribution in [0.4, 0.5) is 15.2 Å². The Bertz CT molecular complexity index is 1540. The average Bonchev–Trinajstić information content (AvgIpc) is 3.75. The number of pyridine rings is 1. The quantitative estimate of drug-likeness (QED) is 0.259. The highest BCUT2D eigenvalue weighted by Gasteiger charge is 2.29. The Morgan fingerprint density at radius 3 is 2.62 bits per heavy atom. The van der Waals surface area contributed by atoms with Gasteiger partial charge in [-0.2, -0.15) is 4.39 Å².